The number of nitrogens with one attached hydrogen (secondary N) is 2. The highest BCUT2D eigenvalue weighted by atomic mass is 32.2. The largest absolute Gasteiger partial charge is 0.495 e. The van der Waals surface area contributed by atoms with E-state index in [0.29, 0.717) is 28.2 Å². The zero-order valence-corrected chi connectivity index (χ0v) is 19.5. The zero-order valence-electron chi connectivity index (χ0n) is 18.7. The summed E-state index contributed by atoms with van der Waals surface area (Å²) in [5.41, 5.74) is 4.64. The predicted molar refractivity (Wildman–Crippen MR) is 131 cm³/mol. The van der Waals surface area contributed by atoms with E-state index in [0.717, 1.165) is 5.56 Å². The molecule has 0 unspecified atom stereocenters. The summed E-state index contributed by atoms with van der Waals surface area (Å²) >= 11 is 1.27. The molecule has 1 aromatic heterocycles. The van der Waals surface area contributed by atoms with Crippen LogP contribution in [0.1, 0.15) is 17.4 Å². The first-order chi connectivity index (χ1) is 17.1. The summed E-state index contributed by atoms with van der Waals surface area (Å²) in [6.07, 6.45) is 0. The molecule has 3 aromatic carbocycles. The number of para-hydroxylation sites is 3. The Kier molecular flexibility index (Phi) is 6.53. The van der Waals surface area contributed by atoms with Crippen molar-refractivity contribution in [2.45, 2.75) is 23.1 Å². The molecule has 0 aliphatic carbocycles. The normalized spacial score (nSPS) is 16.6. The molecule has 5 rings (SSSR count). The molecule has 0 bridgehead atoms. The third kappa shape index (κ3) is 4.92. The number of nitrogens with zero attached hydrogens (tertiary/aromatic N) is 3. The molecular weight excluding hydrogens is 469 g/mol. The van der Waals surface area contributed by atoms with Gasteiger partial charge in [0.15, 0.2) is 5.82 Å². The van der Waals surface area contributed by atoms with Gasteiger partial charge in [-0.1, -0.05) is 54.2 Å². The van der Waals surface area contributed by atoms with Crippen molar-refractivity contribution in [2.75, 3.05) is 17.9 Å². The number of amides is 1. The lowest BCUT2D eigenvalue weighted by Gasteiger charge is -2.33. The van der Waals surface area contributed by atoms with Gasteiger partial charge in [-0.3, -0.25) is 4.79 Å². The van der Waals surface area contributed by atoms with Crippen LogP contribution in [0.5, 0.6) is 11.5 Å². The summed E-state index contributed by atoms with van der Waals surface area (Å²) in [7, 11) is 1.55. The third-order valence-electron chi connectivity index (χ3n) is 5.47. The summed E-state index contributed by atoms with van der Waals surface area (Å²) < 4.78 is 26.6. The summed E-state index contributed by atoms with van der Waals surface area (Å²) in [5, 5.41) is 11.4. The van der Waals surface area contributed by atoms with E-state index in [1.54, 1.807) is 36.1 Å². The van der Waals surface area contributed by atoms with Crippen molar-refractivity contribution in [3.63, 3.8) is 0 Å². The summed E-state index contributed by atoms with van der Waals surface area (Å²) in [4.78, 5) is 13.4. The van der Waals surface area contributed by atoms with Gasteiger partial charge in [0.05, 0.1) is 18.8 Å². The van der Waals surface area contributed by atoms with Gasteiger partial charge in [0.1, 0.15) is 29.2 Å². The topological polar surface area (TPSA) is 90.3 Å². The number of carbonyl (C=O) groups is 1. The first kappa shape index (κ1) is 22.7. The highest BCUT2D eigenvalue weighted by molar-refractivity contribution is 8.00. The molecule has 1 aliphatic heterocycles. The minimum atomic E-state index is -0.620. The van der Waals surface area contributed by atoms with E-state index >= 15 is 0 Å². The number of halogens is 1. The monoisotopic (exact) mass is 491 g/mol. The van der Waals surface area contributed by atoms with Gasteiger partial charge in [-0.2, -0.15) is 0 Å². The van der Waals surface area contributed by atoms with Crippen molar-refractivity contribution >= 4 is 23.4 Å². The van der Waals surface area contributed by atoms with E-state index in [1.807, 2.05) is 42.5 Å². The second kappa shape index (κ2) is 10.1. The van der Waals surface area contributed by atoms with Crippen molar-refractivity contribution in [3.8, 4) is 11.5 Å². The first-order valence-electron chi connectivity index (χ1n) is 10.9. The molecule has 178 valence electrons. The number of thioether (sulfide) groups is 1. The minimum Gasteiger partial charge on any atom is -0.495 e. The average molecular weight is 492 g/mol. The molecule has 35 heavy (non-hydrogen) atoms. The van der Waals surface area contributed by atoms with Crippen molar-refractivity contribution < 1.29 is 18.7 Å². The lowest BCUT2D eigenvalue weighted by atomic mass is 10.0. The molecule has 1 aliphatic rings. The van der Waals surface area contributed by atoms with Crippen molar-refractivity contribution in [3.05, 3.63) is 96.1 Å². The molecule has 1 amide bonds. The highest BCUT2D eigenvalue weighted by Gasteiger charge is 2.38. The van der Waals surface area contributed by atoms with Gasteiger partial charge < -0.3 is 20.2 Å². The lowest BCUT2D eigenvalue weighted by Crippen LogP contribution is -2.41. The molecule has 10 heteroatoms. The fourth-order valence-corrected chi connectivity index (χ4v) is 4.83. The van der Waals surface area contributed by atoms with Crippen LogP contribution in [0.3, 0.4) is 0 Å². The Bertz CT molecular complexity index is 1320. The van der Waals surface area contributed by atoms with E-state index in [4.69, 9.17) is 9.47 Å². The van der Waals surface area contributed by atoms with Crippen LogP contribution in [0.2, 0.25) is 0 Å². The SMILES string of the molecule is COc1ccccc1NC(=O)[C@H]1Sc2nnc(COc3ccccc3)n2N[C@H]1c1ccc(F)cc1. The van der Waals surface area contributed by atoms with Crippen molar-refractivity contribution in [1.82, 2.24) is 14.9 Å². The van der Waals surface area contributed by atoms with E-state index in [-0.39, 0.29) is 18.3 Å². The van der Waals surface area contributed by atoms with Gasteiger partial charge in [0.2, 0.25) is 11.1 Å². The number of aromatic nitrogens is 3. The lowest BCUT2D eigenvalue weighted by molar-refractivity contribution is -0.116. The van der Waals surface area contributed by atoms with E-state index in [2.05, 4.69) is 20.9 Å². The predicted octanol–water partition coefficient (Wildman–Crippen LogP) is 4.40. The summed E-state index contributed by atoms with van der Waals surface area (Å²) in [6, 6.07) is 22.2. The van der Waals surface area contributed by atoms with Crippen molar-refractivity contribution in [1.29, 1.82) is 0 Å². The Labute approximate surface area is 205 Å². The quantitative estimate of drug-likeness (QED) is 0.396. The Morgan fingerprint density at radius 1 is 1.06 bits per heavy atom. The van der Waals surface area contributed by atoms with Gasteiger partial charge in [0.25, 0.3) is 0 Å². The number of anilines is 1. The molecule has 0 fully saturated rings. The molecule has 2 N–H and O–H groups in total. The zero-order chi connectivity index (χ0) is 24.2. The highest BCUT2D eigenvalue weighted by Crippen LogP contribution is 2.38. The number of hydrogen-bond donors (Lipinski definition) is 2. The number of carbonyl (C=O) groups excluding carboxylic acids is 1. The van der Waals surface area contributed by atoms with Crippen LogP contribution < -0.4 is 20.2 Å². The average Bonchev–Trinajstić information content (AvgIpc) is 3.30. The van der Waals surface area contributed by atoms with Gasteiger partial charge in [0, 0.05) is 0 Å². The van der Waals surface area contributed by atoms with Crippen LogP contribution >= 0.6 is 11.8 Å². The molecule has 2 atom stereocenters. The number of ether oxygens (including phenoxy) is 2. The van der Waals surface area contributed by atoms with Gasteiger partial charge in [-0.25, -0.2) is 9.07 Å². The minimum absolute atomic E-state index is 0.179. The van der Waals surface area contributed by atoms with Crippen LogP contribution in [0.4, 0.5) is 10.1 Å². The van der Waals surface area contributed by atoms with Gasteiger partial charge >= 0.3 is 0 Å². The standard InChI is InChI=1S/C25H22FN5O3S/c1-33-20-10-6-5-9-19(20)27-24(32)23-22(16-11-13-17(26)14-12-16)30-31-21(28-29-25(31)35-23)15-34-18-7-3-2-4-8-18/h2-14,22-23,30H,15H2,1H3,(H,27,32)/t22-,23-/m0/s1. The number of methoxy groups -OCH3 is 1. The Morgan fingerprint density at radius 3 is 2.57 bits per heavy atom. The maximum Gasteiger partial charge on any atom is 0.240 e. The number of fused-ring (bicyclic) bond motifs is 1. The molecule has 0 spiro atoms. The van der Waals surface area contributed by atoms with Crippen molar-refractivity contribution in [2.24, 2.45) is 0 Å². The molecule has 2 heterocycles. The second-order valence-corrected chi connectivity index (χ2v) is 8.83. The number of benzene rings is 3. The number of rotatable bonds is 7. The van der Waals surface area contributed by atoms with Crippen LogP contribution in [0, 0.1) is 5.82 Å². The maximum atomic E-state index is 13.6. The number of hydrogen-bond acceptors (Lipinski definition) is 7. The molecule has 4 aromatic rings. The van der Waals surface area contributed by atoms with E-state index in [9.17, 15) is 9.18 Å². The Balaban J connectivity index is 1.43. The second-order valence-electron chi connectivity index (χ2n) is 7.72. The molecule has 0 saturated heterocycles. The summed E-state index contributed by atoms with van der Waals surface area (Å²) in [6.45, 7) is 0.179. The summed E-state index contributed by atoms with van der Waals surface area (Å²) in [5.74, 6) is 1.20. The van der Waals surface area contributed by atoms with Crippen LogP contribution in [0.25, 0.3) is 0 Å². The Hall–Kier alpha value is -4.05. The van der Waals surface area contributed by atoms with Gasteiger partial charge in [-0.05, 0) is 42.0 Å². The van der Waals surface area contributed by atoms with Gasteiger partial charge in [-0.15, -0.1) is 10.2 Å². The van der Waals surface area contributed by atoms with Crippen LogP contribution in [0.15, 0.2) is 84.0 Å². The van der Waals surface area contributed by atoms with E-state index < -0.39 is 11.3 Å². The Morgan fingerprint density at radius 2 is 1.80 bits per heavy atom. The van der Waals surface area contributed by atoms with E-state index in [1.165, 1.54) is 23.9 Å². The molecular formula is C25H22FN5O3S. The molecule has 8 nitrogen and oxygen atoms in total. The molecule has 0 saturated carbocycles. The third-order valence-corrected chi connectivity index (χ3v) is 6.68. The van der Waals surface area contributed by atoms with Crippen LogP contribution in [-0.2, 0) is 11.4 Å². The smallest absolute Gasteiger partial charge is 0.240 e. The first-order valence-corrected chi connectivity index (χ1v) is 11.7. The molecule has 0 radical (unpaired) electrons. The van der Waals surface area contributed by atoms with Crippen LogP contribution in [-0.4, -0.2) is 33.1 Å². The maximum absolute atomic E-state index is 13.6. The fraction of sp³-hybridized carbons (Fsp3) is 0.160. The fourth-order valence-electron chi connectivity index (χ4n) is 3.73.